The number of non-ortho nitro benzene ring substituents is 1. The van der Waals surface area contributed by atoms with E-state index in [0.29, 0.717) is 37.6 Å². The molecule has 1 saturated heterocycles. The summed E-state index contributed by atoms with van der Waals surface area (Å²) in [6, 6.07) is 11.2. The number of nitro benzene ring substituents is 1. The summed E-state index contributed by atoms with van der Waals surface area (Å²) >= 11 is 0. The zero-order chi connectivity index (χ0) is 19.6. The van der Waals surface area contributed by atoms with Gasteiger partial charge in [-0.1, -0.05) is 0 Å². The maximum atomic E-state index is 12.7. The molecule has 3 rings (SSSR count). The molecule has 1 aliphatic rings. The molecule has 0 aliphatic carbocycles. The fourth-order valence-electron chi connectivity index (χ4n) is 3.07. The third kappa shape index (κ3) is 3.95. The predicted molar refractivity (Wildman–Crippen MR) is 93.7 cm³/mol. The van der Waals surface area contributed by atoms with Crippen molar-refractivity contribution < 1.29 is 18.1 Å². The van der Waals surface area contributed by atoms with Crippen LogP contribution in [0.15, 0.2) is 42.5 Å². The normalized spacial score (nSPS) is 14.7. The van der Waals surface area contributed by atoms with Gasteiger partial charge in [0.15, 0.2) is 0 Å². The number of nitriles is 1. The van der Waals surface area contributed by atoms with Crippen LogP contribution in [-0.4, -0.2) is 31.1 Å². The molecule has 140 valence electrons. The van der Waals surface area contributed by atoms with Gasteiger partial charge >= 0.3 is 6.18 Å². The summed E-state index contributed by atoms with van der Waals surface area (Å²) in [5.74, 6) is 0. The van der Waals surface area contributed by atoms with Crippen molar-refractivity contribution in [3.63, 3.8) is 0 Å². The Bertz CT molecular complexity index is 883. The van der Waals surface area contributed by atoms with Gasteiger partial charge in [-0.3, -0.25) is 10.1 Å². The first-order valence-electron chi connectivity index (χ1n) is 8.15. The molecule has 0 aromatic heterocycles. The summed E-state index contributed by atoms with van der Waals surface area (Å²) in [6.07, 6.45) is -4.36. The summed E-state index contributed by atoms with van der Waals surface area (Å²) < 4.78 is 38.0. The Kier molecular flexibility index (Phi) is 4.90. The molecule has 0 amide bonds. The molecule has 0 bridgehead atoms. The van der Waals surface area contributed by atoms with E-state index in [-0.39, 0.29) is 11.3 Å². The van der Waals surface area contributed by atoms with Crippen LogP contribution in [0.25, 0.3) is 0 Å². The Balaban J connectivity index is 1.71. The van der Waals surface area contributed by atoms with Gasteiger partial charge in [-0.25, -0.2) is 0 Å². The van der Waals surface area contributed by atoms with Crippen LogP contribution < -0.4 is 9.80 Å². The number of hydrogen-bond acceptors (Lipinski definition) is 5. The Morgan fingerprint density at radius 1 is 1.00 bits per heavy atom. The number of halogens is 3. The van der Waals surface area contributed by atoms with Gasteiger partial charge in [0.2, 0.25) is 0 Å². The summed E-state index contributed by atoms with van der Waals surface area (Å²) in [5.41, 5.74) is 0.724. The zero-order valence-corrected chi connectivity index (χ0v) is 14.1. The number of hydrogen-bond donors (Lipinski definition) is 0. The lowest BCUT2D eigenvalue weighted by molar-refractivity contribution is -0.384. The standard InChI is InChI=1S/C18H15F3N4O2/c19-18(20,21)14-1-3-15(4-2-14)23-7-9-24(10-8-23)17-6-5-16(25(26)27)11-13(17)12-22/h1-6,11H,7-10H2. The highest BCUT2D eigenvalue weighted by Gasteiger charge is 2.30. The second-order valence-electron chi connectivity index (χ2n) is 6.09. The van der Waals surface area contributed by atoms with Crippen LogP contribution in [0.5, 0.6) is 0 Å². The van der Waals surface area contributed by atoms with Gasteiger partial charge in [0.1, 0.15) is 6.07 Å². The summed E-state index contributed by atoms with van der Waals surface area (Å²) in [5, 5.41) is 20.1. The lowest BCUT2D eigenvalue weighted by Crippen LogP contribution is -2.46. The molecule has 0 N–H and O–H groups in total. The molecule has 1 aliphatic heterocycles. The maximum absolute atomic E-state index is 12.7. The van der Waals surface area contributed by atoms with Crippen LogP contribution in [0.1, 0.15) is 11.1 Å². The van der Waals surface area contributed by atoms with E-state index in [4.69, 9.17) is 0 Å². The highest BCUT2D eigenvalue weighted by atomic mass is 19.4. The first kappa shape index (κ1) is 18.5. The van der Waals surface area contributed by atoms with E-state index in [1.807, 2.05) is 15.9 Å². The highest BCUT2D eigenvalue weighted by Crippen LogP contribution is 2.31. The number of rotatable bonds is 3. The van der Waals surface area contributed by atoms with E-state index in [1.54, 1.807) is 6.07 Å². The van der Waals surface area contributed by atoms with Crippen LogP contribution in [0, 0.1) is 21.4 Å². The van der Waals surface area contributed by atoms with Crippen LogP contribution in [0.3, 0.4) is 0 Å². The fraction of sp³-hybridized carbons (Fsp3) is 0.278. The lowest BCUT2D eigenvalue weighted by atomic mass is 10.1. The Morgan fingerprint density at radius 2 is 1.59 bits per heavy atom. The Labute approximate surface area is 153 Å². The smallest absolute Gasteiger partial charge is 0.368 e. The average molecular weight is 376 g/mol. The van der Waals surface area contributed by atoms with Crippen molar-refractivity contribution in [1.29, 1.82) is 5.26 Å². The molecule has 0 radical (unpaired) electrons. The number of anilines is 2. The lowest BCUT2D eigenvalue weighted by Gasteiger charge is -2.37. The fourth-order valence-corrected chi connectivity index (χ4v) is 3.07. The molecule has 2 aromatic rings. The monoisotopic (exact) mass is 376 g/mol. The third-order valence-electron chi connectivity index (χ3n) is 4.49. The first-order chi connectivity index (χ1) is 12.8. The second kappa shape index (κ2) is 7.15. The molecule has 0 saturated carbocycles. The van der Waals surface area contributed by atoms with Crippen molar-refractivity contribution >= 4 is 17.1 Å². The van der Waals surface area contributed by atoms with Crippen LogP contribution in [0.4, 0.5) is 30.2 Å². The van der Waals surface area contributed by atoms with Crippen LogP contribution in [-0.2, 0) is 6.18 Å². The van der Waals surface area contributed by atoms with E-state index >= 15 is 0 Å². The Morgan fingerprint density at radius 3 is 2.11 bits per heavy atom. The topological polar surface area (TPSA) is 73.4 Å². The molecular formula is C18H15F3N4O2. The zero-order valence-electron chi connectivity index (χ0n) is 14.1. The molecule has 2 aromatic carbocycles. The third-order valence-corrected chi connectivity index (χ3v) is 4.49. The van der Waals surface area contributed by atoms with E-state index in [0.717, 1.165) is 12.1 Å². The molecule has 0 unspecified atom stereocenters. The van der Waals surface area contributed by atoms with Gasteiger partial charge in [-0.05, 0) is 30.3 Å². The van der Waals surface area contributed by atoms with Crippen molar-refractivity contribution in [2.24, 2.45) is 0 Å². The number of benzene rings is 2. The minimum Gasteiger partial charge on any atom is -0.368 e. The van der Waals surface area contributed by atoms with Gasteiger partial charge in [0.05, 0.1) is 21.7 Å². The van der Waals surface area contributed by atoms with Crippen LogP contribution >= 0.6 is 0 Å². The van der Waals surface area contributed by atoms with E-state index in [9.17, 15) is 28.5 Å². The number of nitrogens with zero attached hydrogens (tertiary/aromatic N) is 4. The predicted octanol–water partition coefficient (Wildman–Crippen LogP) is 3.81. The van der Waals surface area contributed by atoms with Gasteiger partial charge < -0.3 is 9.80 Å². The number of alkyl halides is 3. The highest BCUT2D eigenvalue weighted by molar-refractivity contribution is 5.64. The summed E-state index contributed by atoms with van der Waals surface area (Å²) in [7, 11) is 0. The molecule has 0 spiro atoms. The van der Waals surface area contributed by atoms with Crippen molar-refractivity contribution in [3.05, 3.63) is 63.7 Å². The second-order valence-corrected chi connectivity index (χ2v) is 6.09. The van der Waals surface area contributed by atoms with E-state index in [2.05, 4.69) is 0 Å². The van der Waals surface area contributed by atoms with E-state index < -0.39 is 16.7 Å². The quantitative estimate of drug-likeness (QED) is 0.602. The van der Waals surface area contributed by atoms with Gasteiger partial charge in [0.25, 0.3) is 5.69 Å². The number of piperazine rings is 1. The minimum absolute atomic E-state index is 0.140. The van der Waals surface area contributed by atoms with Crippen molar-refractivity contribution in [2.45, 2.75) is 6.18 Å². The Hall–Kier alpha value is -3.28. The molecule has 6 nitrogen and oxygen atoms in total. The molecule has 0 atom stereocenters. The van der Waals surface area contributed by atoms with Crippen LogP contribution in [0.2, 0.25) is 0 Å². The van der Waals surface area contributed by atoms with Crippen molar-refractivity contribution in [2.75, 3.05) is 36.0 Å². The van der Waals surface area contributed by atoms with Gasteiger partial charge in [0, 0.05) is 44.0 Å². The SMILES string of the molecule is N#Cc1cc([N+](=O)[O-])ccc1N1CCN(c2ccc(C(F)(F)F)cc2)CC1. The largest absolute Gasteiger partial charge is 0.416 e. The molecule has 1 fully saturated rings. The molecule has 1 heterocycles. The van der Waals surface area contributed by atoms with Gasteiger partial charge in [-0.15, -0.1) is 0 Å². The number of nitro groups is 1. The molecular weight excluding hydrogens is 361 g/mol. The van der Waals surface area contributed by atoms with Gasteiger partial charge in [-0.2, -0.15) is 18.4 Å². The molecule has 27 heavy (non-hydrogen) atoms. The summed E-state index contributed by atoms with van der Waals surface area (Å²) in [6.45, 7) is 2.22. The first-order valence-corrected chi connectivity index (χ1v) is 8.15. The molecule has 9 heteroatoms. The van der Waals surface area contributed by atoms with Crippen molar-refractivity contribution in [3.8, 4) is 6.07 Å². The van der Waals surface area contributed by atoms with Crippen molar-refractivity contribution in [1.82, 2.24) is 0 Å². The average Bonchev–Trinajstić information content (AvgIpc) is 2.67. The maximum Gasteiger partial charge on any atom is 0.416 e. The summed E-state index contributed by atoms with van der Waals surface area (Å²) in [4.78, 5) is 14.2. The van der Waals surface area contributed by atoms with E-state index in [1.165, 1.54) is 24.3 Å². The minimum atomic E-state index is -4.36.